The van der Waals surface area contributed by atoms with Crippen molar-refractivity contribution in [1.82, 2.24) is 0 Å². The Labute approximate surface area is 138 Å². The van der Waals surface area contributed by atoms with Crippen LogP contribution in [0.4, 0.5) is 14.5 Å². The molecule has 3 rings (SSSR count). The summed E-state index contributed by atoms with van der Waals surface area (Å²) in [6, 6.07) is 10.5. The normalized spacial score (nSPS) is 20.0. The maximum absolute atomic E-state index is 14.4. The minimum Gasteiger partial charge on any atom is -0.497 e. The highest BCUT2D eigenvalue weighted by atomic mass is 19.1. The molecule has 1 aliphatic rings. The van der Waals surface area contributed by atoms with Gasteiger partial charge in [-0.15, -0.1) is 0 Å². The van der Waals surface area contributed by atoms with E-state index < -0.39 is 17.7 Å². The molecule has 1 saturated heterocycles. The molecule has 0 bridgehead atoms. The third kappa shape index (κ3) is 2.91. The van der Waals surface area contributed by atoms with Crippen LogP contribution in [-0.4, -0.2) is 24.9 Å². The van der Waals surface area contributed by atoms with Gasteiger partial charge in [0, 0.05) is 6.54 Å². The van der Waals surface area contributed by atoms with Crippen LogP contribution in [0.15, 0.2) is 36.4 Å². The number of rotatable bonds is 3. The van der Waals surface area contributed by atoms with Crippen molar-refractivity contribution in [1.29, 1.82) is 5.26 Å². The van der Waals surface area contributed by atoms with Gasteiger partial charge in [-0.3, -0.25) is 0 Å². The van der Waals surface area contributed by atoms with Crippen LogP contribution in [0.5, 0.6) is 5.75 Å². The Balaban J connectivity index is 2.04. The van der Waals surface area contributed by atoms with E-state index in [4.69, 9.17) is 10.00 Å². The van der Waals surface area contributed by atoms with E-state index in [2.05, 4.69) is 0 Å². The highest BCUT2D eigenvalue weighted by molar-refractivity contribution is 5.56. The number of anilines is 1. The second-order valence-corrected chi connectivity index (χ2v) is 5.73. The first-order valence-electron chi connectivity index (χ1n) is 7.51. The van der Waals surface area contributed by atoms with Crippen LogP contribution in [0.3, 0.4) is 0 Å². The zero-order valence-corrected chi connectivity index (χ0v) is 13.0. The number of halogens is 2. The lowest BCUT2D eigenvalue weighted by molar-refractivity contribution is 0.194. The topological polar surface area (TPSA) is 56.5 Å². The number of β-amino-alcohol motifs (C(OH)–C–C–N with tert-alkyl or cyclic N) is 1. The second kappa shape index (κ2) is 6.46. The summed E-state index contributed by atoms with van der Waals surface area (Å²) in [5.41, 5.74) is 0.499. The van der Waals surface area contributed by atoms with Gasteiger partial charge in [-0.25, -0.2) is 8.78 Å². The van der Waals surface area contributed by atoms with Gasteiger partial charge in [0.2, 0.25) is 0 Å². The molecule has 2 aromatic rings. The molecular formula is C18H16F2N2O2. The Morgan fingerprint density at radius 2 is 1.96 bits per heavy atom. The number of nitrogens with zero attached hydrogens (tertiary/aromatic N) is 2. The number of aliphatic hydroxyl groups excluding tert-OH is 1. The van der Waals surface area contributed by atoms with Crippen LogP contribution < -0.4 is 9.64 Å². The summed E-state index contributed by atoms with van der Waals surface area (Å²) in [4.78, 5) is 1.51. The third-order valence-corrected chi connectivity index (χ3v) is 4.19. The summed E-state index contributed by atoms with van der Waals surface area (Å²) in [5, 5.41) is 18.9. The average Bonchev–Trinajstić information content (AvgIpc) is 2.95. The maximum Gasteiger partial charge on any atom is 0.150 e. The predicted molar refractivity (Wildman–Crippen MR) is 84.8 cm³/mol. The molecule has 1 fully saturated rings. The molecule has 0 unspecified atom stereocenters. The van der Waals surface area contributed by atoms with Crippen molar-refractivity contribution in [2.24, 2.45) is 0 Å². The van der Waals surface area contributed by atoms with Gasteiger partial charge in [0.15, 0.2) is 11.6 Å². The van der Waals surface area contributed by atoms with Gasteiger partial charge in [-0.1, -0.05) is 12.1 Å². The Kier molecular flexibility index (Phi) is 4.36. The summed E-state index contributed by atoms with van der Waals surface area (Å²) < 4.78 is 33.9. The van der Waals surface area contributed by atoms with E-state index in [0.29, 0.717) is 12.2 Å². The zero-order chi connectivity index (χ0) is 17.3. The molecule has 24 heavy (non-hydrogen) atoms. The Morgan fingerprint density at radius 3 is 2.58 bits per heavy atom. The minimum absolute atomic E-state index is 0.0774. The van der Waals surface area contributed by atoms with Crippen molar-refractivity contribution in [2.75, 3.05) is 18.6 Å². The molecule has 2 atom stereocenters. The number of aliphatic hydroxyl groups is 1. The van der Waals surface area contributed by atoms with Crippen LogP contribution >= 0.6 is 0 Å². The lowest BCUT2D eigenvalue weighted by Crippen LogP contribution is -2.26. The lowest BCUT2D eigenvalue weighted by Gasteiger charge is -2.28. The van der Waals surface area contributed by atoms with E-state index in [1.807, 2.05) is 6.07 Å². The van der Waals surface area contributed by atoms with E-state index in [1.54, 1.807) is 31.4 Å². The second-order valence-electron chi connectivity index (χ2n) is 5.73. The molecule has 0 aliphatic carbocycles. The number of hydrogen-bond acceptors (Lipinski definition) is 4. The van der Waals surface area contributed by atoms with Crippen LogP contribution in [-0.2, 0) is 0 Å². The number of methoxy groups -OCH3 is 1. The van der Waals surface area contributed by atoms with E-state index in [9.17, 15) is 13.9 Å². The molecule has 4 nitrogen and oxygen atoms in total. The first-order valence-corrected chi connectivity index (χ1v) is 7.51. The van der Waals surface area contributed by atoms with Gasteiger partial charge in [0.1, 0.15) is 11.4 Å². The molecule has 2 aromatic carbocycles. The van der Waals surface area contributed by atoms with Crippen molar-refractivity contribution in [3.63, 3.8) is 0 Å². The fourth-order valence-corrected chi connectivity index (χ4v) is 3.13. The summed E-state index contributed by atoms with van der Waals surface area (Å²) in [6.07, 6.45) is -0.345. The first-order chi connectivity index (χ1) is 11.5. The molecule has 0 spiro atoms. The number of benzene rings is 2. The summed E-state index contributed by atoms with van der Waals surface area (Å²) in [5.74, 6) is -0.989. The van der Waals surface area contributed by atoms with Crippen molar-refractivity contribution in [3.8, 4) is 11.8 Å². The van der Waals surface area contributed by atoms with Crippen molar-refractivity contribution in [3.05, 3.63) is 59.2 Å². The molecule has 1 N–H and O–H groups in total. The van der Waals surface area contributed by atoms with E-state index in [1.165, 1.54) is 4.90 Å². The Morgan fingerprint density at radius 1 is 1.25 bits per heavy atom. The molecule has 1 aliphatic heterocycles. The summed E-state index contributed by atoms with van der Waals surface area (Å²) in [6.45, 7) is 0.113. The third-order valence-electron chi connectivity index (χ3n) is 4.19. The molecule has 0 aromatic heterocycles. The Bertz CT molecular complexity index is 781. The van der Waals surface area contributed by atoms with Crippen molar-refractivity contribution >= 4 is 5.69 Å². The number of nitriles is 1. The average molecular weight is 330 g/mol. The smallest absolute Gasteiger partial charge is 0.150 e. The maximum atomic E-state index is 14.4. The lowest BCUT2D eigenvalue weighted by atomic mass is 10.0. The summed E-state index contributed by atoms with van der Waals surface area (Å²) >= 11 is 0. The van der Waals surface area contributed by atoms with Gasteiger partial charge in [-0.05, 0) is 36.2 Å². The van der Waals surface area contributed by atoms with Gasteiger partial charge in [0.05, 0.1) is 30.9 Å². The van der Waals surface area contributed by atoms with Gasteiger partial charge < -0.3 is 14.7 Å². The van der Waals surface area contributed by atoms with Crippen LogP contribution in [0.2, 0.25) is 0 Å². The number of ether oxygens (including phenoxy) is 1. The van der Waals surface area contributed by atoms with Crippen molar-refractivity contribution in [2.45, 2.75) is 18.6 Å². The van der Waals surface area contributed by atoms with E-state index in [0.717, 1.165) is 17.7 Å². The van der Waals surface area contributed by atoms with E-state index in [-0.39, 0.29) is 23.8 Å². The largest absolute Gasteiger partial charge is 0.497 e. The molecule has 0 saturated carbocycles. The zero-order valence-electron chi connectivity index (χ0n) is 13.0. The van der Waals surface area contributed by atoms with E-state index >= 15 is 0 Å². The minimum atomic E-state index is -0.812. The van der Waals surface area contributed by atoms with Crippen LogP contribution in [0.1, 0.15) is 23.6 Å². The van der Waals surface area contributed by atoms with Gasteiger partial charge >= 0.3 is 0 Å². The quantitative estimate of drug-likeness (QED) is 0.939. The fraction of sp³-hybridized carbons (Fsp3) is 0.278. The highest BCUT2D eigenvalue weighted by Gasteiger charge is 2.35. The number of hydrogen-bond donors (Lipinski definition) is 1. The molecule has 0 amide bonds. The Hall–Kier alpha value is -2.65. The standard InChI is InChI=1S/C18H16F2N2O2/c1-24-14-4-2-3-12(7-14)17-8-13(23)10-22(17)18-15(19)5-11(9-21)6-16(18)20/h2-7,13,17,23H,8,10H2,1H3/t13-,17+/m1/s1. The molecule has 1 heterocycles. The first kappa shape index (κ1) is 16.2. The van der Waals surface area contributed by atoms with Gasteiger partial charge in [-0.2, -0.15) is 5.26 Å². The van der Waals surface area contributed by atoms with Crippen LogP contribution in [0, 0.1) is 23.0 Å². The molecular weight excluding hydrogens is 314 g/mol. The summed E-state index contributed by atoms with van der Waals surface area (Å²) in [7, 11) is 1.54. The van der Waals surface area contributed by atoms with Crippen LogP contribution in [0.25, 0.3) is 0 Å². The monoisotopic (exact) mass is 330 g/mol. The van der Waals surface area contributed by atoms with Crippen molar-refractivity contribution < 1.29 is 18.6 Å². The fourth-order valence-electron chi connectivity index (χ4n) is 3.13. The highest BCUT2D eigenvalue weighted by Crippen LogP contribution is 2.39. The molecule has 0 radical (unpaired) electrons. The molecule has 6 heteroatoms. The SMILES string of the molecule is COc1cccc([C@@H]2C[C@@H](O)CN2c2c(F)cc(C#N)cc2F)c1. The predicted octanol–water partition coefficient (Wildman–Crippen LogP) is 3.16. The van der Waals surface area contributed by atoms with Gasteiger partial charge in [0.25, 0.3) is 0 Å². The molecule has 124 valence electrons.